The molecule has 3 aromatic rings. The Balaban J connectivity index is 1.53. The largest absolute Gasteiger partial charge is 0.389 e. The van der Waals surface area contributed by atoms with Crippen LogP contribution in [-0.4, -0.2) is 57.2 Å². The van der Waals surface area contributed by atoms with Gasteiger partial charge in [0.1, 0.15) is 17.2 Å². The Hall–Kier alpha value is -3.16. The van der Waals surface area contributed by atoms with Crippen molar-refractivity contribution in [3.63, 3.8) is 0 Å². The highest BCUT2D eigenvalue weighted by Gasteiger charge is 2.48. The summed E-state index contributed by atoms with van der Waals surface area (Å²) in [6.07, 6.45) is -0.362. The fraction of sp³-hybridized carbons (Fsp3) is 0.333. The number of nitrogens with one attached hydrogen (secondary N) is 1. The van der Waals surface area contributed by atoms with Gasteiger partial charge in [0.2, 0.25) is 6.35 Å². The number of anilines is 5. The number of β-amino-alcohol motifs (C(OH)–C–C–N with tert-alkyl or cyclic N) is 1. The standard InChI is InChI=1S/C27H27FIN5O4/c1-14-23(30-16-4-3-5-18(11-16)32-12-19(35)13-32)22-24(31(2)25(14)36)34(21-9-6-15(29)10-20(21)28)27(38)33(26(22)37)17-7-8-17/h3-6,9-11,17,19,27,30,35,38H,7-8,12-13H2,1-2H3. The first-order valence-corrected chi connectivity index (χ1v) is 13.5. The molecule has 0 radical (unpaired) electrons. The molecular weight excluding hydrogens is 604 g/mol. The number of fused-ring (bicyclic) bond motifs is 1. The topological polar surface area (TPSA) is 101 Å². The fourth-order valence-corrected chi connectivity index (χ4v) is 5.70. The fourth-order valence-electron chi connectivity index (χ4n) is 5.24. The van der Waals surface area contributed by atoms with Crippen LogP contribution in [0, 0.1) is 16.3 Å². The van der Waals surface area contributed by atoms with Crippen LogP contribution in [-0.2, 0) is 7.05 Å². The Morgan fingerprint density at radius 1 is 1.08 bits per heavy atom. The van der Waals surface area contributed by atoms with E-state index in [9.17, 15) is 19.8 Å². The molecule has 1 aliphatic carbocycles. The van der Waals surface area contributed by atoms with Gasteiger partial charge in [-0.2, -0.15) is 0 Å². The van der Waals surface area contributed by atoms with Crippen LogP contribution < -0.4 is 20.7 Å². The lowest BCUT2D eigenvalue weighted by atomic mass is 10.0. The number of amides is 1. The highest BCUT2D eigenvalue weighted by Crippen LogP contribution is 2.45. The van der Waals surface area contributed by atoms with Gasteiger partial charge in [0, 0.05) is 46.7 Å². The molecule has 2 aliphatic heterocycles. The second kappa shape index (κ2) is 9.24. The Morgan fingerprint density at radius 3 is 2.47 bits per heavy atom. The molecule has 0 bridgehead atoms. The van der Waals surface area contributed by atoms with E-state index in [-0.39, 0.29) is 34.8 Å². The summed E-state index contributed by atoms with van der Waals surface area (Å²) in [6.45, 7) is 2.72. The van der Waals surface area contributed by atoms with E-state index in [4.69, 9.17) is 0 Å². The van der Waals surface area contributed by atoms with Crippen LogP contribution in [0.1, 0.15) is 28.8 Å². The zero-order valence-electron chi connectivity index (χ0n) is 20.9. The monoisotopic (exact) mass is 631 g/mol. The van der Waals surface area contributed by atoms with Crippen molar-refractivity contribution in [2.24, 2.45) is 7.05 Å². The maximum absolute atomic E-state index is 15.3. The van der Waals surface area contributed by atoms with E-state index in [2.05, 4.69) is 5.32 Å². The Morgan fingerprint density at radius 2 is 1.82 bits per heavy atom. The van der Waals surface area contributed by atoms with Crippen LogP contribution in [0.3, 0.4) is 0 Å². The van der Waals surface area contributed by atoms with Crippen molar-refractivity contribution in [2.45, 2.75) is 38.3 Å². The Kier molecular flexibility index (Phi) is 6.11. The number of aliphatic hydroxyl groups is 2. The lowest BCUT2D eigenvalue weighted by molar-refractivity contribution is 0.00236. The normalized spacial score (nSPS) is 19.5. The summed E-state index contributed by atoms with van der Waals surface area (Å²) in [6, 6.07) is 12.0. The van der Waals surface area contributed by atoms with Crippen molar-refractivity contribution in [1.82, 2.24) is 9.47 Å². The Labute approximate surface area is 232 Å². The molecular formula is C27H27FIN5O4. The number of halogens is 2. The minimum absolute atomic E-state index is 0.0699. The van der Waals surface area contributed by atoms with Gasteiger partial charge < -0.3 is 20.4 Å². The van der Waals surface area contributed by atoms with E-state index in [0.29, 0.717) is 33.6 Å². The first-order chi connectivity index (χ1) is 18.2. The molecule has 1 unspecified atom stereocenters. The first-order valence-electron chi connectivity index (χ1n) is 12.4. The van der Waals surface area contributed by atoms with Gasteiger partial charge >= 0.3 is 0 Å². The summed E-state index contributed by atoms with van der Waals surface area (Å²) in [5.41, 5.74) is 2.11. The summed E-state index contributed by atoms with van der Waals surface area (Å²) in [7, 11) is 1.53. The van der Waals surface area contributed by atoms with Crippen LogP contribution in [0.5, 0.6) is 0 Å². The molecule has 2 fully saturated rings. The average Bonchev–Trinajstić information content (AvgIpc) is 3.69. The average molecular weight is 631 g/mol. The maximum Gasteiger partial charge on any atom is 0.263 e. The number of carbonyl (C=O) groups excluding carboxylic acids is 1. The maximum atomic E-state index is 15.3. The van der Waals surface area contributed by atoms with Gasteiger partial charge in [0.15, 0.2) is 0 Å². The number of benzene rings is 2. The van der Waals surface area contributed by atoms with E-state index >= 15 is 4.39 Å². The third-order valence-corrected chi connectivity index (χ3v) is 8.07. The molecule has 2 aromatic carbocycles. The number of pyridine rings is 1. The molecule has 198 valence electrons. The second-order valence-corrected chi connectivity index (χ2v) is 11.3. The smallest absolute Gasteiger partial charge is 0.263 e. The molecule has 9 nitrogen and oxygen atoms in total. The predicted molar refractivity (Wildman–Crippen MR) is 151 cm³/mol. The van der Waals surface area contributed by atoms with Gasteiger partial charge in [0.05, 0.1) is 17.5 Å². The summed E-state index contributed by atoms with van der Waals surface area (Å²) in [5, 5.41) is 24.4. The Bertz CT molecular complexity index is 1520. The number of hydrogen-bond donors (Lipinski definition) is 3. The minimum Gasteiger partial charge on any atom is -0.389 e. The van der Waals surface area contributed by atoms with Crippen molar-refractivity contribution in [3.05, 3.63) is 73.3 Å². The van der Waals surface area contributed by atoms with Crippen LogP contribution in [0.25, 0.3) is 0 Å². The van der Waals surface area contributed by atoms with Crippen molar-refractivity contribution in [2.75, 3.05) is 28.2 Å². The molecule has 1 atom stereocenters. The van der Waals surface area contributed by atoms with E-state index in [0.717, 1.165) is 18.5 Å². The van der Waals surface area contributed by atoms with Gasteiger partial charge in [-0.1, -0.05) is 6.07 Å². The molecule has 11 heteroatoms. The van der Waals surface area contributed by atoms with Crippen LogP contribution in [0.2, 0.25) is 0 Å². The number of rotatable bonds is 5. The predicted octanol–water partition coefficient (Wildman–Crippen LogP) is 3.39. The molecule has 1 aromatic heterocycles. The summed E-state index contributed by atoms with van der Waals surface area (Å²) in [5.74, 6) is -0.862. The number of carbonyl (C=O) groups is 1. The van der Waals surface area contributed by atoms with Gasteiger partial charge in [-0.25, -0.2) is 4.39 Å². The molecule has 1 amide bonds. The molecule has 3 heterocycles. The van der Waals surface area contributed by atoms with E-state index in [1.165, 1.54) is 27.5 Å². The van der Waals surface area contributed by atoms with Gasteiger partial charge in [0.25, 0.3) is 11.5 Å². The quantitative estimate of drug-likeness (QED) is 0.372. The number of hydrogen-bond acceptors (Lipinski definition) is 7. The van der Waals surface area contributed by atoms with Crippen LogP contribution in [0.4, 0.5) is 33.0 Å². The van der Waals surface area contributed by atoms with Gasteiger partial charge in [-0.15, -0.1) is 0 Å². The van der Waals surface area contributed by atoms with Crippen LogP contribution >= 0.6 is 22.6 Å². The summed E-state index contributed by atoms with van der Waals surface area (Å²) < 4.78 is 17.3. The van der Waals surface area contributed by atoms with E-state index in [1.807, 2.05) is 51.8 Å². The van der Waals surface area contributed by atoms with Crippen LogP contribution in [0.15, 0.2) is 47.3 Å². The highest BCUT2D eigenvalue weighted by atomic mass is 127. The van der Waals surface area contributed by atoms with Gasteiger partial charge in [-0.3, -0.25) is 24.0 Å². The lowest BCUT2D eigenvalue weighted by Crippen LogP contribution is -2.56. The van der Waals surface area contributed by atoms with Gasteiger partial charge in [-0.05, 0) is 78.8 Å². The number of aliphatic hydroxyl groups excluding tert-OH is 2. The molecule has 1 saturated heterocycles. The molecule has 0 spiro atoms. The molecule has 38 heavy (non-hydrogen) atoms. The molecule has 1 saturated carbocycles. The van der Waals surface area contributed by atoms with E-state index < -0.39 is 18.1 Å². The van der Waals surface area contributed by atoms with Crippen molar-refractivity contribution < 1.29 is 19.4 Å². The lowest BCUT2D eigenvalue weighted by Gasteiger charge is -2.44. The summed E-state index contributed by atoms with van der Waals surface area (Å²) >= 11 is 2.01. The number of nitrogens with zero attached hydrogens (tertiary/aromatic N) is 4. The van der Waals surface area contributed by atoms with E-state index in [1.54, 1.807) is 19.1 Å². The second-order valence-electron chi connectivity index (χ2n) is 10.1. The molecule has 3 aliphatic rings. The SMILES string of the molecule is Cc1c(Nc2cccc(N3CC(O)C3)c2)c2c(n(C)c1=O)N(c1ccc(I)cc1F)C(O)N(C1CC1)C2=O. The third-order valence-electron chi connectivity index (χ3n) is 7.40. The molecule has 3 N–H and O–H groups in total. The third kappa shape index (κ3) is 4.03. The first kappa shape index (κ1) is 25.1. The van der Waals surface area contributed by atoms with Crippen molar-refractivity contribution in [3.8, 4) is 0 Å². The van der Waals surface area contributed by atoms with Crippen molar-refractivity contribution in [1.29, 1.82) is 0 Å². The zero-order chi connectivity index (χ0) is 26.9. The minimum atomic E-state index is -1.47. The zero-order valence-corrected chi connectivity index (χ0v) is 23.0. The van der Waals surface area contributed by atoms with Crippen molar-refractivity contribution >= 4 is 57.1 Å². The molecule has 6 rings (SSSR count). The number of aromatic nitrogens is 1. The summed E-state index contributed by atoms with van der Waals surface area (Å²) in [4.78, 5) is 32.2. The highest BCUT2D eigenvalue weighted by molar-refractivity contribution is 14.1.